The number of nitrogens with zero attached hydrogens (tertiary/aromatic N) is 1. The number of hydrogen-bond acceptors (Lipinski definition) is 4. The van der Waals surface area contributed by atoms with Gasteiger partial charge in [0.15, 0.2) is 0 Å². The molecule has 0 radical (unpaired) electrons. The molecule has 0 aliphatic carbocycles. The molecule has 1 heterocycles. The molecule has 1 aromatic rings. The fraction of sp³-hybridized carbons (Fsp3) is 0.700. The van der Waals surface area contributed by atoms with E-state index >= 15 is 0 Å². The van der Waals surface area contributed by atoms with E-state index in [1.54, 1.807) is 0 Å². The molecule has 1 unspecified atom stereocenters. The summed E-state index contributed by atoms with van der Waals surface area (Å²) in [5.41, 5.74) is 0.836. The molecular weight excluding hydrogens is 253 g/mol. The van der Waals surface area contributed by atoms with Crippen molar-refractivity contribution in [1.29, 1.82) is 0 Å². The van der Waals surface area contributed by atoms with Crippen molar-refractivity contribution >= 4 is 11.3 Å². The second kappa shape index (κ2) is 6.32. The van der Waals surface area contributed by atoms with Crippen molar-refractivity contribution < 1.29 is 17.9 Å². The van der Waals surface area contributed by atoms with Gasteiger partial charge >= 0.3 is 6.18 Å². The van der Waals surface area contributed by atoms with Gasteiger partial charge in [-0.2, -0.15) is 13.2 Å². The van der Waals surface area contributed by atoms with E-state index in [0.717, 1.165) is 12.2 Å². The van der Waals surface area contributed by atoms with E-state index in [9.17, 15) is 13.2 Å². The Bertz CT molecular complexity index is 341. The Kier molecular flexibility index (Phi) is 5.35. The average molecular weight is 268 g/mol. The minimum atomic E-state index is -4.28. The molecule has 0 saturated carbocycles. The zero-order chi connectivity index (χ0) is 12.9. The van der Waals surface area contributed by atoms with Crippen LogP contribution in [-0.2, 0) is 11.3 Å². The monoisotopic (exact) mass is 268 g/mol. The number of halogens is 3. The SMILES string of the molecule is CCNC(C)c1csc(COCC(F)(F)F)n1. The first-order valence-electron chi connectivity index (χ1n) is 5.24. The molecule has 7 heteroatoms. The Labute approximate surface area is 102 Å². The minimum Gasteiger partial charge on any atom is -0.365 e. The predicted octanol–water partition coefficient (Wildman–Crippen LogP) is 2.89. The zero-order valence-electron chi connectivity index (χ0n) is 9.67. The highest BCUT2D eigenvalue weighted by molar-refractivity contribution is 7.09. The Morgan fingerprint density at radius 2 is 2.24 bits per heavy atom. The summed E-state index contributed by atoms with van der Waals surface area (Å²) in [4.78, 5) is 4.21. The molecule has 0 aromatic carbocycles. The minimum absolute atomic E-state index is 0.0942. The molecule has 0 amide bonds. The lowest BCUT2D eigenvalue weighted by Gasteiger charge is -2.08. The van der Waals surface area contributed by atoms with Crippen LogP contribution in [0.3, 0.4) is 0 Å². The maximum atomic E-state index is 11.8. The lowest BCUT2D eigenvalue weighted by molar-refractivity contribution is -0.176. The molecule has 0 bridgehead atoms. The molecule has 98 valence electrons. The number of rotatable bonds is 6. The smallest absolute Gasteiger partial charge is 0.365 e. The largest absolute Gasteiger partial charge is 0.411 e. The Morgan fingerprint density at radius 1 is 1.53 bits per heavy atom. The van der Waals surface area contributed by atoms with Gasteiger partial charge in [-0.25, -0.2) is 4.98 Å². The third-order valence-corrected chi connectivity index (χ3v) is 2.86. The highest BCUT2D eigenvalue weighted by Gasteiger charge is 2.27. The normalized spacial score (nSPS) is 13.9. The lowest BCUT2D eigenvalue weighted by atomic mass is 10.2. The number of thiazole rings is 1. The standard InChI is InChI=1S/C10H15F3N2OS/c1-3-14-7(2)8-5-17-9(15-8)4-16-6-10(11,12)13/h5,7,14H,3-4,6H2,1-2H3. The van der Waals surface area contributed by atoms with Crippen LogP contribution in [0.5, 0.6) is 0 Å². The molecule has 0 fully saturated rings. The maximum absolute atomic E-state index is 11.8. The molecule has 1 rings (SSSR count). The summed E-state index contributed by atoms with van der Waals surface area (Å²) in [5.74, 6) is 0. The summed E-state index contributed by atoms with van der Waals surface area (Å²) < 4.78 is 40.1. The predicted molar refractivity (Wildman–Crippen MR) is 59.9 cm³/mol. The molecular formula is C10H15F3N2OS. The molecule has 0 aliphatic heterocycles. The molecule has 17 heavy (non-hydrogen) atoms. The Morgan fingerprint density at radius 3 is 2.82 bits per heavy atom. The van der Waals surface area contributed by atoms with Crippen molar-refractivity contribution in [3.8, 4) is 0 Å². The summed E-state index contributed by atoms with van der Waals surface area (Å²) in [6.45, 7) is 3.43. The van der Waals surface area contributed by atoms with Gasteiger partial charge in [0.1, 0.15) is 11.6 Å². The highest BCUT2D eigenvalue weighted by Crippen LogP contribution is 2.19. The quantitative estimate of drug-likeness (QED) is 0.861. The Hall–Kier alpha value is -0.660. The molecule has 0 saturated heterocycles. The van der Waals surface area contributed by atoms with Crippen LogP contribution in [0.15, 0.2) is 5.38 Å². The summed E-state index contributed by atoms with van der Waals surface area (Å²) in [6.07, 6.45) is -4.28. The second-order valence-electron chi connectivity index (χ2n) is 3.55. The van der Waals surface area contributed by atoms with Crippen LogP contribution in [-0.4, -0.2) is 24.3 Å². The van der Waals surface area contributed by atoms with Crippen LogP contribution >= 0.6 is 11.3 Å². The van der Waals surface area contributed by atoms with Gasteiger partial charge in [0, 0.05) is 11.4 Å². The number of nitrogens with one attached hydrogen (secondary N) is 1. The van der Waals surface area contributed by atoms with Crippen LogP contribution in [0.1, 0.15) is 30.6 Å². The summed E-state index contributed by atoms with van der Waals surface area (Å²) in [7, 11) is 0. The molecule has 3 nitrogen and oxygen atoms in total. The van der Waals surface area contributed by atoms with Gasteiger partial charge in [-0.3, -0.25) is 0 Å². The molecule has 1 aromatic heterocycles. The van der Waals surface area contributed by atoms with E-state index < -0.39 is 12.8 Å². The molecule has 1 atom stereocenters. The van der Waals surface area contributed by atoms with E-state index in [0.29, 0.717) is 5.01 Å². The van der Waals surface area contributed by atoms with E-state index in [2.05, 4.69) is 15.0 Å². The van der Waals surface area contributed by atoms with Gasteiger partial charge in [0.05, 0.1) is 12.3 Å². The third-order valence-electron chi connectivity index (χ3n) is 2.01. The van der Waals surface area contributed by atoms with Crippen molar-refractivity contribution in [3.05, 3.63) is 16.1 Å². The van der Waals surface area contributed by atoms with Crippen LogP contribution in [0.2, 0.25) is 0 Å². The van der Waals surface area contributed by atoms with E-state index in [4.69, 9.17) is 0 Å². The van der Waals surface area contributed by atoms with Gasteiger partial charge < -0.3 is 10.1 Å². The Balaban J connectivity index is 2.40. The van der Waals surface area contributed by atoms with Crippen molar-refractivity contribution in [1.82, 2.24) is 10.3 Å². The van der Waals surface area contributed by atoms with E-state index in [1.807, 2.05) is 19.2 Å². The lowest BCUT2D eigenvalue weighted by Crippen LogP contribution is -2.18. The van der Waals surface area contributed by atoms with E-state index in [1.165, 1.54) is 11.3 Å². The first-order valence-corrected chi connectivity index (χ1v) is 6.12. The van der Waals surface area contributed by atoms with Gasteiger partial charge in [-0.15, -0.1) is 11.3 Å². The van der Waals surface area contributed by atoms with Crippen molar-refractivity contribution in [2.24, 2.45) is 0 Å². The fourth-order valence-corrected chi connectivity index (χ4v) is 2.08. The molecule has 0 spiro atoms. The summed E-state index contributed by atoms with van der Waals surface area (Å²) in [6, 6.07) is 0.104. The van der Waals surface area contributed by atoms with Gasteiger partial charge in [0.25, 0.3) is 0 Å². The average Bonchev–Trinajstić information content (AvgIpc) is 2.65. The van der Waals surface area contributed by atoms with Crippen molar-refractivity contribution in [2.75, 3.05) is 13.2 Å². The third kappa shape index (κ3) is 5.47. The number of hydrogen-bond donors (Lipinski definition) is 1. The first-order chi connectivity index (χ1) is 7.92. The van der Waals surface area contributed by atoms with Crippen LogP contribution < -0.4 is 5.32 Å². The summed E-state index contributed by atoms with van der Waals surface area (Å²) in [5, 5.41) is 5.58. The number of aromatic nitrogens is 1. The number of ether oxygens (including phenoxy) is 1. The summed E-state index contributed by atoms with van der Waals surface area (Å²) >= 11 is 1.31. The van der Waals surface area contributed by atoms with Gasteiger partial charge in [-0.1, -0.05) is 6.92 Å². The van der Waals surface area contributed by atoms with Gasteiger partial charge in [-0.05, 0) is 13.5 Å². The van der Waals surface area contributed by atoms with Crippen molar-refractivity contribution in [2.45, 2.75) is 32.7 Å². The number of alkyl halides is 3. The van der Waals surface area contributed by atoms with Crippen LogP contribution in [0, 0.1) is 0 Å². The van der Waals surface area contributed by atoms with Crippen LogP contribution in [0.25, 0.3) is 0 Å². The maximum Gasteiger partial charge on any atom is 0.411 e. The first kappa shape index (κ1) is 14.4. The van der Waals surface area contributed by atoms with Crippen LogP contribution in [0.4, 0.5) is 13.2 Å². The van der Waals surface area contributed by atoms with E-state index in [-0.39, 0.29) is 12.6 Å². The topological polar surface area (TPSA) is 34.1 Å². The molecule has 1 N–H and O–H groups in total. The van der Waals surface area contributed by atoms with Gasteiger partial charge in [0.2, 0.25) is 0 Å². The fourth-order valence-electron chi connectivity index (χ4n) is 1.26. The van der Waals surface area contributed by atoms with Crippen molar-refractivity contribution in [3.63, 3.8) is 0 Å². The molecule has 0 aliphatic rings. The second-order valence-corrected chi connectivity index (χ2v) is 4.50. The zero-order valence-corrected chi connectivity index (χ0v) is 10.5. The highest BCUT2D eigenvalue weighted by atomic mass is 32.1.